The number of aliphatic hydroxyl groups is 1. The third kappa shape index (κ3) is 3.44. The number of halogens is 1. The van der Waals surface area contributed by atoms with Crippen molar-refractivity contribution in [3.05, 3.63) is 36.7 Å². The maximum Gasteiger partial charge on any atom is 0.289 e. The number of hydrogen-bond donors (Lipinski definition) is 2. The van der Waals surface area contributed by atoms with Crippen LogP contribution in [0.25, 0.3) is 0 Å². The van der Waals surface area contributed by atoms with Crippen LogP contribution in [0.1, 0.15) is 18.4 Å². The van der Waals surface area contributed by atoms with E-state index < -0.39 is 11.0 Å². The number of hydrogen-bond acceptors (Lipinski definition) is 5. The molecule has 0 saturated heterocycles. The minimum Gasteiger partial charge on any atom is -0.390 e. The van der Waals surface area contributed by atoms with E-state index in [1.54, 1.807) is 0 Å². The molecule has 20 heavy (non-hydrogen) atoms. The molecule has 0 bridgehead atoms. The zero-order valence-corrected chi connectivity index (χ0v) is 12.6. The van der Waals surface area contributed by atoms with E-state index in [1.165, 1.54) is 17.7 Å². The first-order valence-corrected chi connectivity index (χ1v) is 7.14. The lowest BCUT2D eigenvalue weighted by Crippen LogP contribution is -2.35. The van der Waals surface area contributed by atoms with Crippen molar-refractivity contribution in [1.29, 1.82) is 0 Å². The molecule has 0 radical (unpaired) electrons. The predicted molar refractivity (Wildman–Crippen MR) is 76.8 cm³/mol. The van der Waals surface area contributed by atoms with Crippen LogP contribution < -0.4 is 10.9 Å². The average Bonchev–Trinajstić information content (AvgIpc) is 3.20. The summed E-state index contributed by atoms with van der Waals surface area (Å²) in [7, 11) is 0. The van der Waals surface area contributed by atoms with Crippen molar-refractivity contribution in [2.45, 2.75) is 38.5 Å². The molecular formula is C12H16BrN3O4. The van der Waals surface area contributed by atoms with Gasteiger partial charge >= 0.3 is 0 Å². The molecule has 0 spiro atoms. The van der Waals surface area contributed by atoms with Gasteiger partial charge < -0.3 is 15.0 Å². The molecule has 1 fully saturated rings. The fourth-order valence-electron chi connectivity index (χ4n) is 1.90. The summed E-state index contributed by atoms with van der Waals surface area (Å²) in [5.74, 6) is 0. The van der Waals surface area contributed by atoms with E-state index in [4.69, 9.17) is 0 Å². The first kappa shape index (κ1) is 15.1. The van der Waals surface area contributed by atoms with Crippen LogP contribution in [0.2, 0.25) is 0 Å². The van der Waals surface area contributed by atoms with Crippen molar-refractivity contribution in [1.82, 2.24) is 9.88 Å². The number of aromatic nitrogens is 1. The molecule has 1 unspecified atom stereocenters. The Balaban J connectivity index is 2.17. The van der Waals surface area contributed by atoms with Crippen molar-refractivity contribution in [2.24, 2.45) is 0 Å². The van der Waals surface area contributed by atoms with E-state index in [0.29, 0.717) is 18.2 Å². The summed E-state index contributed by atoms with van der Waals surface area (Å²) < 4.78 is 1.34. The maximum atomic E-state index is 12.0. The molecule has 1 saturated carbocycles. The van der Waals surface area contributed by atoms with Crippen LogP contribution in [0, 0.1) is 17.0 Å². The summed E-state index contributed by atoms with van der Waals surface area (Å²) in [6, 6.07) is 0.459. The highest BCUT2D eigenvalue weighted by molar-refractivity contribution is 9.10. The largest absolute Gasteiger partial charge is 0.390 e. The number of aliphatic hydroxyl groups excluding tert-OH is 1. The Hall–Kier alpha value is -1.25. The van der Waals surface area contributed by atoms with Crippen LogP contribution in [0.3, 0.4) is 0 Å². The molecule has 0 aromatic carbocycles. The Bertz CT molecular complexity index is 583. The molecule has 1 aromatic heterocycles. The highest BCUT2D eigenvalue weighted by Gasteiger charge is 2.23. The lowest BCUT2D eigenvalue weighted by atomic mass is 10.2. The number of pyridine rings is 1. The van der Waals surface area contributed by atoms with Gasteiger partial charge in [0, 0.05) is 18.2 Å². The fraction of sp³-hybridized carbons (Fsp3) is 0.583. The van der Waals surface area contributed by atoms with Crippen LogP contribution in [0.15, 0.2) is 15.5 Å². The summed E-state index contributed by atoms with van der Waals surface area (Å²) in [4.78, 5) is 22.4. The van der Waals surface area contributed by atoms with E-state index in [1.807, 2.05) is 0 Å². The Kier molecular flexibility index (Phi) is 4.56. The van der Waals surface area contributed by atoms with E-state index >= 15 is 0 Å². The Morgan fingerprint density at radius 3 is 2.85 bits per heavy atom. The second kappa shape index (κ2) is 6.02. The molecule has 8 heteroatoms. The summed E-state index contributed by atoms with van der Waals surface area (Å²) in [6.45, 7) is 1.91. The van der Waals surface area contributed by atoms with Gasteiger partial charge in [-0.3, -0.25) is 14.9 Å². The molecule has 1 atom stereocenters. The third-order valence-electron chi connectivity index (χ3n) is 3.26. The fourth-order valence-corrected chi connectivity index (χ4v) is 2.33. The van der Waals surface area contributed by atoms with Gasteiger partial charge in [-0.05, 0) is 35.7 Å². The van der Waals surface area contributed by atoms with Crippen LogP contribution in [-0.2, 0) is 6.54 Å². The highest BCUT2D eigenvalue weighted by atomic mass is 79.9. The van der Waals surface area contributed by atoms with E-state index in [0.717, 1.165) is 12.8 Å². The Morgan fingerprint density at radius 2 is 2.30 bits per heavy atom. The lowest BCUT2D eigenvalue weighted by molar-refractivity contribution is -0.386. The van der Waals surface area contributed by atoms with Gasteiger partial charge in [0.2, 0.25) is 0 Å². The first-order chi connectivity index (χ1) is 9.40. The first-order valence-electron chi connectivity index (χ1n) is 6.35. The van der Waals surface area contributed by atoms with Crippen LogP contribution >= 0.6 is 15.9 Å². The molecule has 1 aliphatic rings. The second-order valence-corrected chi connectivity index (χ2v) is 5.80. The normalized spacial score (nSPS) is 16.1. The summed E-state index contributed by atoms with van der Waals surface area (Å²) in [5.41, 5.74) is -0.223. The van der Waals surface area contributed by atoms with Crippen molar-refractivity contribution in [3.8, 4) is 0 Å². The molecule has 0 amide bonds. The average molecular weight is 346 g/mol. The summed E-state index contributed by atoms with van der Waals surface area (Å²) in [5, 5.41) is 24.0. The SMILES string of the molecule is Cc1c([N+](=O)[O-])cn(CC(O)CNC2CC2)c(=O)c1Br. The van der Waals surface area contributed by atoms with Crippen molar-refractivity contribution >= 4 is 21.6 Å². The zero-order chi connectivity index (χ0) is 14.9. The highest BCUT2D eigenvalue weighted by Crippen LogP contribution is 2.22. The molecule has 1 aromatic rings. The molecule has 110 valence electrons. The smallest absolute Gasteiger partial charge is 0.289 e. The zero-order valence-electron chi connectivity index (χ0n) is 11.0. The van der Waals surface area contributed by atoms with Crippen LogP contribution in [-0.4, -0.2) is 33.3 Å². The number of rotatable bonds is 6. The van der Waals surface area contributed by atoms with Crippen LogP contribution in [0.5, 0.6) is 0 Å². The third-order valence-corrected chi connectivity index (χ3v) is 4.20. The molecule has 1 heterocycles. The molecule has 7 nitrogen and oxygen atoms in total. The van der Waals surface area contributed by atoms with Gasteiger partial charge in [-0.25, -0.2) is 0 Å². The predicted octanol–water partition coefficient (Wildman–Crippen LogP) is 0.940. The molecule has 0 aliphatic heterocycles. The van der Waals surface area contributed by atoms with E-state index in [2.05, 4.69) is 21.2 Å². The van der Waals surface area contributed by atoms with Gasteiger partial charge in [-0.15, -0.1) is 0 Å². The van der Waals surface area contributed by atoms with Gasteiger partial charge in [0.1, 0.15) is 0 Å². The Morgan fingerprint density at radius 1 is 1.65 bits per heavy atom. The second-order valence-electron chi connectivity index (χ2n) is 5.00. The van der Waals surface area contributed by atoms with Gasteiger partial charge in [-0.1, -0.05) is 0 Å². The number of nitrogens with zero attached hydrogens (tertiary/aromatic N) is 2. The minimum absolute atomic E-state index is 0.0261. The summed E-state index contributed by atoms with van der Waals surface area (Å²) in [6.07, 6.45) is 2.63. The quantitative estimate of drug-likeness (QED) is 0.590. The van der Waals surface area contributed by atoms with Crippen LogP contribution in [0.4, 0.5) is 5.69 Å². The van der Waals surface area contributed by atoms with Crippen molar-refractivity contribution in [2.75, 3.05) is 6.54 Å². The standard InChI is InChI=1S/C12H16BrN3O4/c1-7-10(16(19)20)6-15(12(18)11(7)13)5-9(17)4-14-8-2-3-8/h6,8-9,14,17H,2-5H2,1H3. The van der Waals surface area contributed by atoms with E-state index in [9.17, 15) is 20.0 Å². The van der Waals surface area contributed by atoms with Gasteiger partial charge in [0.15, 0.2) is 0 Å². The minimum atomic E-state index is -0.762. The maximum absolute atomic E-state index is 12.0. The lowest BCUT2D eigenvalue weighted by Gasteiger charge is -2.14. The van der Waals surface area contributed by atoms with Gasteiger partial charge in [-0.2, -0.15) is 0 Å². The topological polar surface area (TPSA) is 97.4 Å². The van der Waals surface area contributed by atoms with Gasteiger partial charge in [0.25, 0.3) is 11.2 Å². The molecular weight excluding hydrogens is 330 g/mol. The summed E-state index contributed by atoms with van der Waals surface area (Å²) >= 11 is 3.08. The molecule has 1 aliphatic carbocycles. The Labute approximate surface area is 123 Å². The number of nitro groups is 1. The van der Waals surface area contributed by atoms with Crippen molar-refractivity contribution < 1.29 is 10.0 Å². The van der Waals surface area contributed by atoms with Gasteiger partial charge in [0.05, 0.1) is 28.2 Å². The molecule has 2 N–H and O–H groups in total. The van der Waals surface area contributed by atoms with E-state index in [-0.39, 0.29) is 22.3 Å². The monoisotopic (exact) mass is 345 g/mol. The number of nitrogens with one attached hydrogen (secondary N) is 1. The van der Waals surface area contributed by atoms with Crippen molar-refractivity contribution in [3.63, 3.8) is 0 Å². The molecule has 2 rings (SSSR count).